The van der Waals surface area contributed by atoms with Crippen LogP contribution in [-0.4, -0.2) is 63.6 Å². The van der Waals surface area contributed by atoms with E-state index >= 15 is 0 Å². The number of anilines is 3. The Bertz CT molecular complexity index is 1620. The van der Waals surface area contributed by atoms with Gasteiger partial charge in [0, 0.05) is 37.3 Å². The van der Waals surface area contributed by atoms with Crippen LogP contribution in [-0.2, 0) is 5.41 Å². The fourth-order valence-corrected chi connectivity index (χ4v) is 6.85. The molecule has 228 valence electrons. The lowest BCUT2D eigenvalue weighted by atomic mass is 9.80. The Kier molecular flexibility index (Phi) is 7.92. The Hall–Kier alpha value is -3.72. The van der Waals surface area contributed by atoms with Gasteiger partial charge in [0.25, 0.3) is 5.91 Å². The van der Waals surface area contributed by atoms with Crippen molar-refractivity contribution >= 4 is 40.7 Å². The molecule has 2 aliphatic heterocycles. The first kappa shape index (κ1) is 30.7. The SMILES string of the molecule is CCC1(CC)CN(c2ccc(Cl)c(F)c2)c2ccc(C(=O)N3CCN(c4nc(C)c(C(=O)O)c(C)c4C)CC3(C)C)nc21. The number of benzene rings is 1. The van der Waals surface area contributed by atoms with Crippen LogP contribution >= 0.6 is 11.6 Å². The third-order valence-corrected chi connectivity index (χ3v) is 9.79. The maximum atomic E-state index is 14.4. The second-order valence-corrected chi connectivity index (χ2v) is 12.8. The molecule has 0 saturated carbocycles. The Morgan fingerprint density at radius 1 is 1.00 bits per heavy atom. The van der Waals surface area contributed by atoms with E-state index in [-0.39, 0.29) is 21.9 Å². The first-order valence-corrected chi connectivity index (χ1v) is 15.1. The first-order chi connectivity index (χ1) is 20.2. The molecule has 43 heavy (non-hydrogen) atoms. The summed E-state index contributed by atoms with van der Waals surface area (Å²) in [5.41, 5.74) is 4.27. The van der Waals surface area contributed by atoms with Crippen LogP contribution in [0.5, 0.6) is 0 Å². The van der Waals surface area contributed by atoms with Gasteiger partial charge in [-0.15, -0.1) is 0 Å². The summed E-state index contributed by atoms with van der Waals surface area (Å²) in [6.45, 7) is 16.0. The number of carbonyl (C=O) groups excluding carboxylic acids is 1. The molecule has 1 saturated heterocycles. The molecule has 0 unspecified atom stereocenters. The third kappa shape index (κ3) is 5.11. The number of hydrogen-bond acceptors (Lipinski definition) is 6. The topological polar surface area (TPSA) is 89.9 Å². The van der Waals surface area contributed by atoms with Crippen LogP contribution in [0.3, 0.4) is 0 Å². The smallest absolute Gasteiger partial charge is 0.337 e. The lowest BCUT2D eigenvalue weighted by Crippen LogP contribution is -2.61. The van der Waals surface area contributed by atoms with Crippen molar-refractivity contribution in [1.29, 1.82) is 0 Å². The first-order valence-electron chi connectivity index (χ1n) is 14.8. The molecule has 0 radical (unpaired) electrons. The molecular formula is C33H39ClFN5O3. The van der Waals surface area contributed by atoms with E-state index < -0.39 is 17.3 Å². The Labute approximate surface area is 257 Å². The van der Waals surface area contributed by atoms with Crippen molar-refractivity contribution < 1.29 is 19.1 Å². The number of aryl methyl sites for hydroxylation is 1. The van der Waals surface area contributed by atoms with Gasteiger partial charge in [-0.2, -0.15) is 0 Å². The second-order valence-electron chi connectivity index (χ2n) is 12.4. The van der Waals surface area contributed by atoms with Gasteiger partial charge in [-0.25, -0.2) is 19.2 Å². The van der Waals surface area contributed by atoms with E-state index in [1.807, 2.05) is 44.7 Å². The summed E-state index contributed by atoms with van der Waals surface area (Å²) in [6, 6.07) is 8.53. The van der Waals surface area contributed by atoms with Gasteiger partial charge < -0.3 is 19.8 Å². The fraction of sp³-hybridized carbons (Fsp3) is 0.455. The van der Waals surface area contributed by atoms with Crippen molar-refractivity contribution in [2.75, 3.05) is 36.0 Å². The Balaban J connectivity index is 1.45. The quantitative estimate of drug-likeness (QED) is 0.328. The molecule has 8 nitrogen and oxygen atoms in total. The number of fused-ring (bicyclic) bond motifs is 1. The zero-order chi connectivity index (χ0) is 31.4. The normalized spacial score (nSPS) is 17.3. The van der Waals surface area contributed by atoms with Crippen LogP contribution in [0.25, 0.3) is 0 Å². The number of nitrogens with zero attached hydrogens (tertiary/aromatic N) is 5. The molecule has 1 fully saturated rings. The molecular weight excluding hydrogens is 569 g/mol. The van der Waals surface area contributed by atoms with E-state index in [1.54, 1.807) is 19.1 Å². The molecule has 1 N–H and O–H groups in total. The summed E-state index contributed by atoms with van der Waals surface area (Å²) in [6.07, 6.45) is 1.65. The van der Waals surface area contributed by atoms with Crippen LogP contribution in [0.4, 0.5) is 21.6 Å². The number of carboxylic acids is 1. The summed E-state index contributed by atoms with van der Waals surface area (Å²) in [5, 5.41) is 9.73. The number of amides is 1. The molecule has 0 spiro atoms. The van der Waals surface area contributed by atoms with E-state index in [1.165, 1.54) is 6.07 Å². The molecule has 1 amide bonds. The molecule has 0 bridgehead atoms. The summed E-state index contributed by atoms with van der Waals surface area (Å²) in [5.74, 6) is -0.831. The van der Waals surface area contributed by atoms with Gasteiger partial charge in [0.1, 0.15) is 17.3 Å². The number of pyridine rings is 2. The van der Waals surface area contributed by atoms with Crippen molar-refractivity contribution in [3.8, 4) is 0 Å². The van der Waals surface area contributed by atoms with Crippen molar-refractivity contribution in [3.05, 3.63) is 74.9 Å². The summed E-state index contributed by atoms with van der Waals surface area (Å²) in [4.78, 5) is 41.6. The van der Waals surface area contributed by atoms with Crippen LogP contribution in [0.2, 0.25) is 5.02 Å². The highest BCUT2D eigenvalue weighted by Gasteiger charge is 2.44. The van der Waals surface area contributed by atoms with Crippen LogP contribution in [0.15, 0.2) is 30.3 Å². The average molecular weight is 608 g/mol. The van der Waals surface area contributed by atoms with Gasteiger partial charge in [-0.3, -0.25) is 4.79 Å². The minimum Gasteiger partial charge on any atom is -0.478 e. The highest BCUT2D eigenvalue weighted by molar-refractivity contribution is 6.30. The molecule has 5 rings (SSSR count). The maximum Gasteiger partial charge on any atom is 0.337 e. The van der Waals surface area contributed by atoms with E-state index in [4.69, 9.17) is 16.6 Å². The number of carbonyl (C=O) groups is 2. The van der Waals surface area contributed by atoms with Gasteiger partial charge in [-0.05, 0) is 88.9 Å². The van der Waals surface area contributed by atoms with E-state index in [9.17, 15) is 19.1 Å². The standard InChI is InChI=1S/C33H39ClFN5O3/c1-8-33(9-2)18-39(22-10-11-23(34)24(35)16-22)26-13-12-25(37-28(26)33)30(41)40-15-14-38(17-32(40,6)7)29-20(4)19(3)27(31(42)43)21(5)36-29/h10-13,16H,8-9,14-15,17-18H2,1-7H3,(H,42,43). The predicted molar refractivity (Wildman–Crippen MR) is 168 cm³/mol. The van der Waals surface area contributed by atoms with Crippen molar-refractivity contribution in [2.45, 2.75) is 72.3 Å². The summed E-state index contributed by atoms with van der Waals surface area (Å²) >= 11 is 5.96. The largest absolute Gasteiger partial charge is 0.478 e. The lowest BCUT2D eigenvalue weighted by Gasteiger charge is -2.47. The predicted octanol–water partition coefficient (Wildman–Crippen LogP) is 6.84. The lowest BCUT2D eigenvalue weighted by molar-refractivity contribution is 0.0506. The number of piperazine rings is 1. The summed E-state index contributed by atoms with van der Waals surface area (Å²) < 4.78 is 14.4. The van der Waals surface area contributed by atoms with Gasteiger partial charge >= 0.3 is 5.97 Å². The zero-order valence-corrected chi connectivity index (χ0v) is 26.6. The van der Waals surface area contributed by atoms with Crippen molar-refractivity contribution in [2.24, 2.45) is 0 Å². The van der Waals surface area contributed by atoms with Gasteiger partial charge in [0.15, 0.2) is 0 Å². The average Bonchev–Trinajstić information content (AvgIpc) is 3.29. The molecule has 0 aliphatic carbocycles. The molecule has 0 atom stereocenters. The van der Waals surface area contributed by atoms with E-state index in [2.05, 4.69) is 28.6 Å². The number of rotatable bonds is 6. The number of aromatic carboxylic acids is 1. The van der Waals surface area contributed by atoms with Crippen molar-refractivity contribution in [3.63, 3.8) is 0 Å². The van der Waals surface area contributed by atoms with Crippen LogP contribution in [0.1, 0.15) is 83.9 Å². The minimum atomic E-state index is -0.978. The van der Waals surface area contributed by atoms with E-state index in [0.29, 0.717) is 48.8 Å². The molecule has 4 heterocycles. The highest BCUT2D eigenvalue weighted by atomic mass is 35.5. The van der Waals surface area contributed by atoms with Gasteiger partial charge in [0.05, 0.1) is 33.2 Å². The number of halogens is 2. The zero-order valence-electron chi connectivity index (χ0n) is 25.9. The molecule has 3 aromatic rings. The third-order valence-electron chi connectivity index (χ3n) is 9.48. The number of aromatic nitrogens is 2. The monoisotopic (exact) mass is 607 g/mol. The van der Waals surface area contributed by atoms with Gasteiger partial charge in [-0.1, -0.05) is 25.4 Å². The highest BCUT2D eigenvalue weighted by Crippen LogP contribution is 2.47. The molecule has 2 aromatic heterocycles. The van der Waals surface area contributed by atoms with Gasteiger partial charge in [0.2, 0.25) is 0 Å². The number of carboxylic acid groups (broad SMARTS) is 1. The Morgan fingerprint density at radius 3 is 2.30 bits per heavy atom. The van der Waals surface area contributed by atoms with Crippen LogP contribution in [0, 0.1) is 26.6 Å². The minimum absolute atomic E-state index is 0.0793. The molecule has 2 aliphatic rings. The van der Waals surface area contributed by atoms with Crippen molar-refractivity contribution in [1.82, 2.24) is 14.9 Å². The van der Waals surface area contributed by atoms with Crippen LogP contribution < -0.4 is 9.80 Å². The summed E-state index contributed by atoms with van der Waals surface area (Å²) in [7, 11) is 0. The maximum absolute atomic E-state index is 14.4. The van der Waals surface area contributed by atoms with E-state index in [0.717, 1.165) is 35.6 Å². The molecule has 10 heteroatoms. The molecule has 1 aromatic carbocycles. The second kappa shape index (κ2) is 11.1. The number of hydrogen-bond donors (Lipinski definition) is 1. The fourth-order valence-electron chi connectivity index (χ4n) is 6.73. The Morgan fingerprint density at radius 2 is 1.70 bits per heavy atom.